The van der Waals surface area contributed by atoms with Crippen LogP contribution in [0.3, 0.4) is 0 Å². The van der Waals surface area contributed by atoms with Crippen LogP contribution < -0.4 is 5.32 Å². The molecule has 1 aliphatic heterocycles. The number of nitrogens with zero attached hydrogens (tertiary/aromatic N) is 2. The second kappa shape index (κ2) is 7.63. The van der Waals surface area contributed by atoms with Crippen LogP contribution in [0.2, 0.25) is 0 Å². The second-order valence-corrected chi connectivity index (χ2v) is 7.45. The van der Waals surface area contributed by atoms with E-state index in [1.54, 1.807) is 50.2 Å². The Morgan fingerprint density at radius 3 is 2.24 bits per heavy atom. The average Bonchev–Trinajstić information content (AvgIpc) is 2.54. The molecule has 0 radical (unpaired) electrons. The van der Waals surface area contributed by atoms with Gasteiger partial charge in [0.1, 0.15) is 5.92 Å². The first kappa shape index (κ1) is 18.9. The second-order valence-electron chi connectivity index (χ2n) is 7.45. The van der Waals surface area contributed by atoms with Crippen molar-refractivity contribution in [1.82, 2.24) is 15.2 Å². The number of likely N-dealkylation sites (tertiary alicyclic amines) is 1. The number of aromatic nitrogens is 1. The minimum Gasteiger partial charge on any atom is -0.481 e. The van der Waals surface area contributed by atoms with Crippen LogP contribution in [-0.4, -0.2) is 51.9 Å². The lowest BCUT2D eigenvalue weighted by molar-refractivity contribution is -0.151. The minimum absolute atomic E-state index is 0.0507. The zero-order valence-corrected chi connectivity index (χ0v) is 14.9. The van der Waals surface area contributed by atoms with Crippen LogP contribution in [0, 0.1) is 11.3 Å². The third-order valence-corrected chi connectivity index (χ3v) is 4.43. The number of piperidine rings is 1. The molecular formula is C18H25N3O4. The van der Waals surface area contributed by atoms with Crippen LogP contribution in [0.1, 0.15) is 44.0 Å². The maximum Gasteiger partial charge on any atom is 0.316 e. The van der Waals surface area contributed by atoms with Gasteiger partial charge >= 0.3 is 5.97 Å². The molecule has 0 bridgehead atoms. The number of hydrogen-bond acceptors (Lipinski definition) is 4. The number of rotatable bonds is 4. The number of carbonyl (C=O) groups excluding carboxylic acids is 2. The van der Waals surface area contributed by atoms with Gasteiger partial charge < -0.3 is 15.3 Å². The number of nitrogens with one attached hydrogen (secondary N) is 1. The number of hydrogen-bond donors (Lipinski definition) is 2. The van der Waals surface area contributed by atoms with Gasteiger partial charge in [0.05, 0.1) is 0 Å². The lowest BCUT2D eigenvalue weighted by Crippen LogP contribution is -2.50. The maximum atomic E-state index is 12.4. The SMILES string of the molecule is CC(C)(C)C(C(=O)O)C(=O)NC1CCN(C(=O)c2ccncc2)CC1. The van der Waals surface area contributed by atoms with Crippen molar-refractivity contribution in [3.8, 4) is 0 Å². The summed E-state index contributed by atoms with van der Waals surface area (Å²) in [6.45, 7) is 6.27. The first-order valence-corrected chi connectivity index (χ1v) is 8.42. The molecule has 0 aliphatic carbocycles. The highest BCUT2D eigenvalue weighted by atomic mass is 16.4. The van der Waals surface area contributed by atoms with Gasteiger partial charge in [0.15, 0.2) is 0 Å². The Hall–Kier alpha value is -2.44. The van der Waals surface area contributed by atoms with E-state index in [1.165, 1.54) is 0 Å². The molecule has 1 aromatic heterocycles. The Balaban J connectivity index is 1.91. The summed E-state index contributed by atoms with van der Waals surface area (Å²) < 4.78 is 0. The maximum absolute atomic E-state index is 12.4. The summed E-state index contributed by atoms with van der Waals surface area (Å²) in [5.74, 6) is -2.72. The van der Waals surface area contributed by atoms with E-state index in [0.717, 1.165) is 0 Å². The molecule has 25 heavy (non-hydrogen) atoms. The zero-order valence-electron chi connectivity index (χ0n) is 14.9. The van der Waals surface area contributed by atoms with Crippen molar-refractivity contribution in [2.75, 3.05) is 13.1 Å². The lowest BCUT2D eigenvalue weighted by atomic mass is 9.80. The fourth-order valence-electron chi connectivity index (χ4n) is 3.06. The first-order chi connectivity index (χ1) is 11.7. The largest absolute Gasteiger partial charge is 0.481 e. The normalized spacial score (nSPS) is 17.0. The van der Waals surface area contributed by atoms with Crippen molar-refractivity contribution >= 4 is 17.8 Å². The van der Waals surface area contributed by atoms with Gasteiger partial charge in [-0.25, -0.2) is 0 Å². The number of amides is 2. The molecule has 7 nitrogen and oxygen atoms in total. The standard InChI is InChI=1S/C18H25N3O4/c1-18(2,3)14(17(24)25)15(22)20-13-6-10-21(11-7-13)16(23)12-4-8-19-9-5-12/h4-5,8-9,13-14H,6-7,10-11H2,1-3H3,(H,20,22)(H,24,25). The predicted octanol–water partition coefficient (Wildman–Crippen LogP) is 1.55. The molecule has 1 saturated heterocycles. The number of pyridine rings is 1. The minimum atomic E-state index is -1.12. The molecule has 2 amide bonds. The molecule has 1 atom stereocenters. The van der Waals surface area contributed by atoms with Crippen molar-refractivity contribution < 1.29 is 19.5 Å². The molecule has 136 valence electrons. The highest BCUT2D eigenvalue weighted by Gasteiger charge is 2.38. The Kier molecular flexibility index (Phi) is 5.77. The van der Waals surface area contributed by atoms with Crippen LogP contribution >= 0.6 is 0 Å². The molecular weight excluding hydrogens is 322 g/mol. The summed E-state index contributed by atoms with van der Waals surface area (Å²) in [7, 11) is 0. The number of aliphatic carboxylic acids is 1. The van der Waals surface area contributed by atoms with Crippen LogP contribution in [-0.2, 0) is 9.59 Å². The molecule has 2 heterocycles. The molecule has 7 heteroatoms. The molecule has 0 spiro atoms. The monoisotopic (exact) mass is 347 g/mol. The van der Waals surface area contributed by atoms with Gasteiger partial charge in [-0.15, -0.1) is 0 Å². The van der Waals surface area contributed by atoms with E-state index < -0.39 is 23.2 Å². The Bertz CT molecular complexity index is 631. The van der Waals surface area contributed by atoms with Crippen LogP contribution in [0.5, 0.6) is 0 Å². The molecule has 0 saturated carbocycles. The fourth-order valence-corrected chi connectivity index (χ4v) is 3.06. The molecule has 0 aromatic carbocycles. The third-order valence-electron chi connectivity index (χ3n) is 4.43. The fraction of sp³-hybridized carbons (Fsp3) is 0.556. The summed E-state index contributed by atoms with van der Waals surface area (Å²) in [5.41, 5.74) is -0.0651. The Labute approximate surface area is 147 Å². The molecule has 1 aliphatic rings. The number of carbonyl (C=O) groups is 3. The summed E-state index contributed by atoms with van der Waals surface area (Å²) in [5, 5.41) is 12.2. The van der Waals surface area contributed by atoms with Crippen LogP contribution in [0.25, 0.3) is 0 Å². The summed E-state index contributed by atoms with van der Waals surface area (Å²) in [4.78, 5) is 41.8. The number of carboxylic acids is 1. The zero-order chi connectivity index (χ0) is 18.6. The highest BCUT2D eigenvalue weighted by Crippen LogP contribution is 2.27. The van der Waals surface area contributed by atoms with Crippen molar-refractivity contribution in [3.63, 3.8) is 0 Å². The molecule has 1 aromatic rings. The summed E-state index contributed by atoms with van der Waals surface area (Å²) >= 11 is 0. The molecule has 2 N–H and O–H groups in total. The lowest BCUT2D eigenvalue weighted by Gasteiger charge is -2.34. The van der Waals surface area contributed by atoms with E-state index in [0.29, 0.717) is 31.5 Å². The smallest absolute Gasteiger partial charge is 0.316 e. The van der Waals surface area contributed by atoms with Gasteiger partial charge in [0.25, 0.3) is 5.91 Å². The molecule has 2 rings (SSSR count). The molecule has 1 unspecified atom stereocenters. The number of carboxylic acid groups (broad SMARTS) is 1. The quantitative estimate of drug-likeness (QED) is 0.805. The van der Waals surface area contributed by atoms with Gasteiger partial charge in [-0.05, 0) is 30.4 Å². The van der Waals surface area contributed by atoms with E-state index in [9.17, 15) is 19.5 Å². The highest BCUT2D eigenvalue weighted by molar-refractivity contribution is 5.98. The summed E-state index contributed by atoms with van der Waals surface area (Å²) in [6.07, 6.45) is 4.38. The van der Waals surface area contributed by atoms with Crippen molar-refractivity contribution in [2.45, 2.75) is 39.7 Å². The van der Waals surface area contributed by atoms with E-state index >= 15 is 0 Å². The Morgan fingerprint density at radius 1 is 1.20 bits per heavy atom. The van der Waals surface area contributed by atoms with E-state index in [4.69, 9.17) is 0 Å². The van der Waals surface area contributed by atoms with Gasteiger partial charge in [-0.1, -0.05) is 20.8 Å². The van der Waals surface area contributed by atoms with Crippen molar-refractivity contribution in [3.05, 3.63) is 30.1 Å². The van der Waals surface area contributed by atoms with E-state index in [1.807, 2.05) is 0 Å². The topological polar surface area (TPSA) is 99.6 Å². The van der Waals surface area contributed by atoms with Crippen LogP contribution in [0.4, 0.5) is 0 Å². The van der Waals surface area contributed by atoms with Crippen molar-refractivity contribution in [1.29, 1.82) is 0 Å². The molecule has 1 fully saturated rings. The third kappa shape index (κ3) is 4.78. The van der Waals surface area contributed by atoms with Gasteiger partial charge in [-0.2, -0.15) is 0 Å². The first-order valence-electron chi connectivity index (χ1n) is 8.42. The van der Waals surface area contributed by atoms with Gasteiger partial charge in [0, 0.05) is 37.1 Å². The summed E-state index contributed by atoms with van der Waals surface area (Å²) in [6, 6.07) is 3.24. The predicted molar refractivity (Wildman–Crippen MR) is 91.9 cm³/mol. The Morgan fingerprint density at radius 2 is 1.76 bits per heavy atom. The van der Waals surface area contributed by atoms with E-state index in [2.05, 4.69) is 10.3 Å². The average molecular weight is 347 g/mol. The van der Waals surface area contributed by atoms with Crippen molar-refractivity contribution in [2.24, 2.45) is 11.3 Å². The van der Waals surface area contributed by atoms with Crippen LogP contribution in [0.15, 0.2) is 24.5 Å². The van der Waals surface area contributed by atoms with E-state index in [-0.39, 0.29) is 11.9 Å². The van der Waals surface area contributed by atoms with Gasteiger partial charge in [0.2, 0.25) is 5.91 Å². The van der Waals surface area contributed by atoms with Gasteiger partial charge in [-0.3, -0.25) is 19.4 Å².